The summed E-state index contributed by atoms with van der Waals surface area (Å²) < 4.78 is 25.6. The molecule has 0 aliphatic rings. The summed E-state index contributed by atoms with van der Waals surface area (Å²) in [4.78, 5) is 0. The van der Waals surface area contributed by atoms with Crippen LogP contribution in [0.4, 0.5) is 0 Å². The van der Waals surface area contributed by atoms with E-state index in [2.05, 4.69) is 0 Å². The van der Waals surface area contributed by atoms with Crippen molar-refractivity contribution in [2.75, 3.05) is 13.1 Å². The van der Waals surface area contributed by atoms with Gasteiger partial charge in [-0.2, -0.15) is 0 Å². The van der Waals surface area contributed by atoms with Gasteiger partial charge in [-0.1, -0.05) is 0 Å². The van der Waals surface area contributed by atoms with Gasteiger partial charge in [0.15, 0.2) is 0 Å². The van der Waals surface area contributed by atoms with Gasteiger partial charge < -0.3 is 15.3 Å². The summed E-state index contributed by atoms with van der Waals surface area (Å²) in [6.07, 6.45) is -3.20. The van der Waals surface area contributed by atoms with Crippen LogP contribution in [0.2, 0.25) is 0 Å². The van der Waals surface area contributed by atoms with Gasteiger partial charge in [0.1, 0.15) is 6.08 Å². The van der Waals surface area contributed by atoms with Crippen LogP contribution in [0, 0.1) is 0 Å². The molecule has 3 heteroatoms. The van der Waals surface area contributed by atoms with E-state index >= 15 is 0 Å². The topological polar surface area (TPSA) is 60.7 Å². The minimum atomic E-state index is -3.30. The summed E-state index contributed by atoms with van der Waals surface area (Å²) in [5.41, 5.74) is 0. The highest BCUT2D eigenvalue weighted by Gasteiger charge is 1.93. The molecule has 3 N–H and O–H groups in total. The van der Waals surface area contributed by atoms with Gasteiger partial charge in [-0.25, -0.2) is 0 Å². The fourth-order valence-electron chi connectivity index (χ4n) is 0.0289. The van der Waals surface area contributed by atoms with Crippen LogP contribution in [0.5, 0.6) is 0 Å². The molecule has 0 aromatic rings. The number of aliphatic hydroxyl groups excluding tert-OH is 1. The Kier molecular flexibility index (Phi) is 0.913. The molecule has 0 aromatic heterocycles. The van der Waals surface area contributed by atoms with E-state index in [0.29, 0.717) is 0 Å². The van der Waals surface area contributed by atoms with Gasteiger partial charge in [0, 0.05) is 0 Å². The van der Waals surface area contributed by atoms with Gasteiger partial charge in [0.05, 0.1) is 18.6 Å². The van der Waals surface area contributed by atoms with Crippen molar-refractivity contribution in [2.45, 2.75) is 6.08 Å². The summed E-state index contributed by atoms with van der Waals surface area (Å²) in [6.45, 7) is -5.69. The van der Waals surface area contributed by atoms with Gasteiger partial charge >= 0.3 is 0 Å². The second-order valence-corrected chi connectivity index (χ2v) is 0.626. The van der Waals surface area contributed by atoms with Gasteiger partial charge in [0.25, 0.3) is 0 Å². The molecular weight excluding hydrogens is 85.0 g/mol. The average molecular weight is 97.1 g/mol. The minimum absolute atomic E-state index is 2.40. The lowest BCUT2D eigenvalue weighted by Crippen LogP contribution is -2.15. The molecule has 0 bridgehead atoms. The van der Waals surface area contributed by atoms with Gasteiger partial charge in [-0.15, -0.1) is 0 Å². The molecule has 0 radical (unpaired) electrons. The number of aliphatic hydroxyl groups is 3. The summed E-state index contributed by atoms with van der Waals surface area (Å²) in [7, 11) is 0. The molecule has 0 aliphatic carbocycles. The van der Waals surface area contributed by atoms with E-state index in [9.17, 15) is 0 Å². The number of rotatable bonds is 2. The summed E-state index contributed by atoms with van der Waals surface area (Å²) in [6, 6.07) is 0. The van der Waals surface area contributed by atoms with Crippen molar-refractivity contribution >= 4 is 0 Å². The Morgan fingerprint density at radius 2 is 2.33 bits per heavy atom. The molecule has 38 valence electrons. The third-order valence-electron chi connectivity index (χ3n) is 0.237. The lowest BCUT2D eigenvalue weighted by molar-refractivity contribution is 0.0450. The van der Waals surface area contributed by atoms with Crippen molar-refractivity contribution in [3.05, 3.63) is 0 Å². The summed E-state index contributed by atoms with van der Waals surface area (Å²) in [5.74, 6) is 0. The molecule has 0 saturated heterocycles. The molecule has 0 amide bonds. The average Bonchev–Trinajstić information content (AvgIpc) is 1.62. The van der Waals surface area contributed by atoms with Crippen LogP contribution < -0.4 is 0 Å². The van der Waals surface area contributed by atoms with E-state index in [1.807, 2.05) is 0 Å². The Hall–Kier alpha value is -0.120. The van der Waals surface area contributed by atoms with Crippen molar-refractivity contribution in [2.24, 2.45) is 0 Å². The van der Waals surface area contributed by atoms with E-state index < -0.39 is 19.2 Å². The second-order valence-electron chi connectivity index (χ2n) is 0.626. The fraction of sp³-hybridized carbons (Fsp3) is 1.00. The maximum absolute atomic E-state index is 8.53. The van der Waals surface area contributed by atoms with E-state index in [1.165, 1.54) is 0 Å². The first-order valence-corrected chi connectivity index (χ1v) is 1.24. The second kappa shape index (κ2) is 3.08. The SMILES string of the molecule is [2H][13C@H](O)[C@@]([2H])(O)C([2H])([2H])O. The monoisotopic (exact) mass is 97.1 g/mol. The smallest absolute Gasteiger partial charge is 0.100 e. The van der Waals surface area contributed by atoms with E-state index in [1.54, 1.807) is 0 Å². The largest absolute Gasteiger partial charge is 0.394 e. The molecule has 0 aromatic carbocycles. The van der Waals surface area contributed by atoms with Gasteiger partial charge in [-0.05, 0) is 0 Å². The minimum Gasteiger partial charge on any atom is -0.394 e. The maximum atomic E-state index is 8.53. The Morgan fingerprint density at radius 1 is 1.83 bits per heavy atom. The third-order valence-corrected chi connectivity index (χ3v) is 0.237. The van der Waals surface area contributed by atoms with Crippen molar-refractivity contribution in [3.8, 4) is 0 Å². The predicted molar refractivity (Wildman–Crippen MR) is 20.2 cm³/mol. The lowest BCUT2D eigenvalue weighted by Gasteiger charge is -1.96. The molecule has 0 heterocycles. The highest BCUT2D eigenvalue weighted by atomic mass is 16.4. The molecule has 0 unspecified atom stereocenters. The zero-order valence-corrected chi connectivity index (χ0v) is 2.92. The zero-order chi connectivity index (χ0) is 8.58. The Bertz CT molecular complexity index is 117. The van der Waals surface area contributed by atoms with Crippen LogP contribution >= 0.6 is 0 Å². The highest BCUT2D eigenvalue weighted by Crippen LogP contribution is 1.71. The van der Waals surface area contributed by atoms with Crippen LogP contribution in [-0.2, 0) is 0 Å². The molecule has 3 nitrogen and oxygen atoms in total. The van der Waals surface area contributed by atoms with Crippen LogP contribution in [0.1, 0.15) is 5.48 Å². The highest BCUT2D eigenvalue weighted by molar-refractivity contribution is 4.43. The standard InChI is InChI=1S/C3H8O3/c4-1-3(6)2-5/h3-6H,1-2H2/i1D2,2+1D,3D/t2-,3-/m0/s1. The number of hydrogen-bond acceptors (Lipinski definition) is 3. The first-order chi connectivity index (χ1) is 4.19. The Labute approximate surface area is 41.5 Å². The molecule has 2 atom stereocenters. The summed E-state index contributed by atoms with van der Waals surface area (Å²) in [5, 5.41) is 25.1. The predicted octanol–water partition coefficient (Wildman–Crippen LogP) is -1.67. The molecular formula is C3H8O3. The van der Waals surface area contributed by atoms with Gasteiger partial charge in [0.2, 0.25) is 0 Å². The van der Waals surface area contributed by atoms with E-state index in [-0.39, 0.29) is 0 Å². The Morgan fingerprint density at radius 3 is 2.33 bits per heavy atom. The lowest BCUT2D eigenvalue weighted by atomic mass is 10.6. The first kappa shape index (κ1) is 1.78. The van der Waals surface area contributed by atoms with Crippen LogP contribution in [0.3, 0.4) is 0 Å². The van der Waals surface area contributed by atoms with E-state index in [0.717, 1.165) is 0 Å². The zero-order valence-electron chi connectivity index (χ0n) is 6.92. The van der Waals surface area contributed by atoms with Gasteiger partial charge in [-0.3, -0.25) is 0 Å². The molecule has 0 rings (SSSR count). The third kappa shape index (κ3) is 2.14. The molecule has 0 fully saturated rings. The summed E-state index contributed by atoms with van der Waals surface area (Å²) >= 11 is 0. The fourth-order valence-corrected chi connectivity index (χ4v) is 0.0289. The van der Waals surface area contributed by atoms with Crippen LogP contribution in [-0.4, -0.2) is 34.5 Å². The molecule has 0 spiro atoms. The normalized spacial score (nSPS) is 37.2. The van der Waals surface area contributed by atoms with Crippen LogP contribution in [0.25, 0.3) is 0 Å². The Balaban J connectivity index is 4.40. The van der Waals surface area contributed by atoms with Crippen molar-refractivity contribution < 1.29 is 20.8 Å². The van der Waals surface area contributed by atoms with Crippen molar-refractivity contribution in [3.63, 3.8) is 0 Å². The molecule has 0 aliphatic heterocycles. The van der Waals surface area contributed by atoms with Crippen LogP contribution in [0.15, 0.2) is 0 Å². The first-order valence-electron chi connectivity index (χ1n) is 3.32. The maximum Gasteiger partial charge on any atom is 0.100 e. The quantitative estimate of drug-likeness (QED) is 0.361. The van der Waals surface area contributed by atoms with E-state index in [4.69, 9.17) is 20.8 Å². The molecule has 0 saturated carbocycles. The van der Waals surface area contributed by atoms with Crippen molar-refractivity contribution in [1.29, 1.82) is 0 Å². The number of hydrogen-bond donors (Lipinski definition) is 3. The van der Waals surface area contributed by atoms with Crippen molar-refractivity contribution in [1.82, 2.24) is 0 Å². The molecule has 6 heavy (non-hydrogen) atoms.